The molecule has 20 heavy (non-hydrogen) atoms. The van der Waals surface area contributed by atoms with Crippen molar-refractivity contribution < 1.29 is 14.4 Å². The average Bonchev–Trinajstić information content (AvgIpc) is 2.37. The molecule has 3 N–H and O–H groups in total. The van der Waals surface area contributed by atoms with Crippen LogP contribution in [0.25, 0.3) is 0 Å². The number of nitrogens with two attached hydrogens (primary N) is 1. The number of benzene rings is 1. The van der Waals surface area contributed by atoms with Gasteiger partial charge in [-0.1, -0.05) is 17.7 Å². The van der Waals surface area contributed by atoms with Gasteiger partial charge in [0, 0.05) is 0 Å². The number of carbonyl (C=O) groups is 3. The van der Waals surface area contributed by atoms with Crippen molar-refractivity contribution in [3.05, 3.63) is 28.8 Å². The topological polar surface area (TPSA) is 92.5 Å². The number of hydrogen-bond acceptors (Lipinski definition) is 4. The molecule has 0 bridgehead atoms. The molecular weight excluding hydrogens is 282 g/mol. The highest BCUT2D eigenvalue weighted by Gasteiger charge is 2.44. The highest BCUT2D eigenvalue weighted by Crippen LogP contribution is 2.27. The number of halogens is 1. The fourth-order valence-corrected chi connectivity index (χ4v) is 2.18. The predicted molar refractivity (Wildman–Crippen MR) is 74.1 cm³/mol. The maximum Gasteiger partial charge on any atom is 0.256 e. The monoisotopic (exact) mass is 295 g/mol. The van der Waals surface area contributed by atoms with Crippen LogP contribution in [0.15, 0.2) is 18.2 Å². The van der Waals surface area contributed by atoms with E-state index in [1.165, 1.54) is 11.0 Å². The minimum absolute atomic E-state index is 0.117. The van der Waals surface area contributed by atoms with Crippen LogP contribution in [0.1, 0.15) is 24.2 Å². The van der Waals surface area contributed by atoms with Crippen molar-refractivity contribution in [2.45, 2.75) is 19.4 Å². The van der Waals surface area contributed by atoms with Crippen LogP contribution in [-0.2, 0) is 9.59 Å². The molecule has 0 aromatic heterocycles. The minimum Gasteiger partial charge on any atom is -0.398 e. The average molecular weight is 296 g/mol. The van der Waals surface area contributed by atoms with Gasteiger partial charge >= 0.3 is 0 Å². The van der Waals surface area contributed by atoms with E-state index < -0.39 is 23.3 Å². The minimum atomic E-state index is -1.14. The van der Waals surface area contributed by atoms with Crippen molar-refractivity contribution in [2.24, 2.45) is 0 Å². The maximum atomic E-state index is 12.5. The summed E-state index contributed by atoms with van der Waals surface area (Å²) in [5.74, 6) is -1.56. The molecule has 6 nitrogen and oxygen atoms in total. The summed E-state index contributed by atoms with van der Waals surface area (Å²) in [6.07, 6.45) is 0. The Balaban J connectivity index is 2.43. The van der Waals surface area contributed by atoms with E-state index in [1.807, 2.05) is 0 Å². The molecule has 1 fully saturated rings. The number of nitrogen functional groups attached to an aromatic ring is 1. The number of hydrogen-bond donors (Lipinski definition) is 2. The number of nitrogens with one attached hydrogen (secondary N) is 1. The second-order valence-electron chi connectivity index (χ2n) is 5.04. The molecule has 1 aliphatic heterocycles. The molecule has 7 heteroatoms. The van der Waals surface area contributed by atoms with E-state index in [4.69, 9.17) is 17.3 Å². The molecule has 0 spiro atoms. The number of piperazine rings is 1. The number of anilines is 1. The molecule has 0 atom stereocenters. The molecule has 3 amide bonds. The molecule has 0 aliphatic carbocycles. The quantitative estimate of drug-likeness (QED) is 0.592. The summed E-state index contributed by atoms with van der Waals surface area (Å²) in [5.41, 5.74) is 4.96. The normalized spacial score (nSPS) is 17.9. The second kappa shape index (κ2) is 4.79. The van der Waals surface area contributed by atoms with Crippen molar-refractivity contribution in [2.75, 3.05) is 12.3 Å². The van der Waals surface area contributed by atoms with Gasteiger partial charge < -0.3 is 10.6 Å². The van der Waals surface area contributed by atoms with Crippen LogP contribution in [0.4, 0.5) is 5.69 Å². The first-order valence-electron chi connectivity index (χ1n) is 5.95. The van der Waals surface area contributed by atoms with Crippen LogP contribution in [-0.4, -0.2) is 34.7 Å². The summed E-state index contributed by atoms with van der Waals surface area (Å²) >= 11 is 6.02. The molecule has 0 unspecified atom stereocenters. The maximum absolute atomic E-state index is 12.5. The summed E-state index contributed by atoms with van der Waals surface area (Å²) in [6, 6.07) is 4.67. The molecular formula is C13H14ClN3O3. The van der Waals surface area contributed by atoms with Gasteiger partial charge in [-0.3, -0.25) is 19.7 Å². The van der Waals surface area contributed by atoms with Gasteiger partial charge in [0.15, 0.2) is 0 Å². The van der Waals surface area contributed by atoms with E-state index in [0.29, 0.717) is 0 Å². The van der Waals surface area contributed by atoms with Gasteiger partial charge in [-0.15, -0.1) is 0 Å². The number of imide groups is 1. The number of amides is 3. The highest BCUT2D eigenvalue weighted by atomic mass is 35.5. The standard InChI is InChI=1S/C13H14ClN3O3/c1-13(2)12(20)16-9(18)6-17(13)11(19)7-4-3-5-8(15)10(7)14/h3-5H,6,15H2,1-2H3,(H,16,18,20). The van der Waals surface area contributed by atoms with Crippen molar-refractivity contribution in [1.29, 1.82) is 0 Å². The molecule has 106 valence electrons. The third-order valence-corrected chi connectivity index (χ3v) is 3.71. The lowest BCUT2D eigenvalue weighted by atomic mass is 9.97. The Labute approximate surface area is 120 Å². The number of carbonyl (C=O) groups excluding carboxylic acids is 3. The number of rotatable bonds is 1. The smallest absolute Gasteiger partial charge is 0.256 e. The summed E-state index contributed by atoms with van der Waals surface area (Å²) in [5, 5.41) is 2.32. The van der Waals surface area contributed by atoms with Crippen LogP contribution >= 0.6 is 11.6 Å². The molecule has 1 aromatic rings. The van der Waals surface area contributed by atoms with Crippen LogP contribution < -0.4 is 11.1 Å². The number of nitrogens with zero attached hydrogens (tertiary/aromatic N) is 1. The first-order valence-corrected chi connectivity index (χ1v) is 6.33. The molecule has 1 aliphatic rings. The molecule has 0 saturated carbocycles. The largest absolute Gasteiger partial charge is 0.398 e. The first kappa shape index (κ1) is 14.3. The lowest BCUT2D eigenvalue weighted by Gasteiger charge is -2.40. The van der Waals surface area contributed by atoms with Crippen LogP contribution in [0.3, 0.4) is 0 Å². The Morgan fingerprint density at radius 2 is 2.05 bits per heavy atom. The van der Waals surface area contributed by atoms with Crippen molar-refractivity contribution in [3.8, 4) is 0 Å². The van der Waals surface area contributed by atoms with Gasteiger partial charge in [0.2, 0.25) is 5.91 Å². The summed E-state index contributed by atoms with van der Waals surface area (Å²) in [6.45, 7) is 2.92. The Morgan fingerprint density at radius 3 is 2.70 bits per heavy atom. The Kier molecular flexibility index (Phi) is 3.43. The van der Waals surface area contributed by atoms with Gasteiger partial charge in [-0.05, 0) is 26.0 Å². The fraction of sp³-hybridized carbons (Fsp3) is 0.308. The van der Waals surface area contributed by atoms with E-state index in [1.54, 1.807) is 26.0 Å². The SMILES string of the molecule is CC1(C)C(=O)NC(=O)CN1C(=O)c1cccc(N)c1Cl. The summed E-state index contributed by atoms with van der Waals surface area (Å²) < 4.78 is 0. The van der Waals surface area contributed by atoms with Crippen molar-refractivity contribution >= 4 is 35.0 Å². The van der Waals surface area contributed by atoms with Gasteiger partial charge in [0.25, 0.3) is 11.8 Å². The van der Waals surface area contributed by atoms with E-state index >= 15 is 0 Å². The lowest BCUT2D eigenvalue weighted by Crippen LogP contribution is -2.65. The van der Waals surface area contributed by atoms with Crippen LogP contribution in [0, 0.1) is 0 Å². The third-order valence-electron chi connectivity index (χ3n) is 3.29. The Hall–Kier alpha value is -2.08. The van der Waals surface area contributed by atoms with Crippen LogP contribution in [0.5, 0.6) is 0 Å². The summed E-state index contributed by atoms with van der Waals surface area (Å²) in [4.78, 5) is 37.0. The van der Waals surface area contributed by atoms with Crippen LogP contribution in [0.2, 0.25) is 5.02 Å². The van der Waals surface area contributed by atoms with E-state index in [9.17, 15) is 14.4 Å². The Morgan fingerprint density at radius 1 is 1.40 bits per heavy atom. The van der Waals surface area contributed by atoms with Gasteiger partial charge in [0.1, 0.15) is 12.1 Å². The van der Waals surface area contributed by atoms with Gasteiger partial charge in [0.05, 0.1) is 16.3 Å². The molecule has 0 radical (unpaired) electrons. The summed E-state index contributed by atoms with van der Waals surface area (Å²) in [7, 11) is 0. The zero-order valence-electron chi connectivity index (χ0n) is 11.1. The van der Waals surface area contributed by atoms with Crippen molar-refractivity contribution in [1.82, 2.24) is 10.2 Å². The zero-order chi connectivity index (χ0) is 15.1. The molecule has 1 heterocycles. The zero-order valence-corrected chi connectivity index (χ0v) is 11.8. The predicted octanol–water partition coefficient (Wildman–Crippen LogP) is 0.799. The molecule has 1 aromatic carbocycles. The highest BCUT2D eigenvalue weighted by molar-refractivity contribution is 6.36. The first-order chi connectivity index (χ1) is 9.25. The van der Waals surface area contributed by atoms with E-state index in [-0.39, 0.29) is 22.8 Å². The van der Waals surface area contributed by atoms with Gasteiger partial charge in [-0.25, -0.2) is 0 Å². The third kappa shape index (κ3) is 2.22. The Bertz CT molecular complexity index is 613. The van der Waals surface area contributed by atoms with E-state index in [2.05, 4.69) is 5.32 Å². The fourth-order valence-electron chi connectivity index (χ4n) is 1.97. The second-order valence-corrected chi connectivity index (χ2v) is 5.41. The van der Waals surface area contributed by atoms with Gasteiger partial charge in [-0.2, -0.15) is 0 Å². The molecule has 2 rings (SSSR count). The van der Waals surface area contributed by atoms with E-state index in [0.717, 1.165) is 0 Å². The van der Waals surface area contributed by atoms with Crippen molar-refractivity contribution in [3.63, 3.8) is 0 Å². The lowest BCUT2D eigenvalue weighted by molar-refractivity contribution is -0.143. The molecule has 1 saturated heterocycles.